The van der Waals surface area contributed by atoms with Gasteiger partial charge in [0, 0.05) is 6.07 Å². The molecular formula is C14H11F2N3. The van der Waals surface area contributed by atoms with Gasteiger partial charge in [0.25, 0.3) is 0 Å². The fourth-order valence-corrected chi connectivity index (χ4v) is 2.14. The number of benzene rings is 2. The highest BCUT2D eigenvalue weighted by Gasteiger charge is 2.14. The number of hydrogen-bond donors (Lipinski definition) is 1. The van der Waals surface area contributed by atoms with E-state index in [1.54, 1.807) is 4.57 Å². The summed E-state index contributed by atoms with van der Waals surface area (Å²) in [6, 6.07) is 10.8. The van der Waals surface area contributed by atoms with Crippen LogP contribution in [0.4, 0.5) is 8.78 Å². The largest absolute Gasteiger partial charge is 0.324 e. The molecule has 1 aromatic heterocycles. The van der Waals surface area contributed by atoms with Crippen LogP contribution in [-0.4, -0.2) is 9.55 Å². The number of aromatic nitrogens is 2. The van der Waals surface area contributed by atoms with Crippen LogP contribution in [0.1, 0.15) is 5.82 Å². The van der Waals surface area contributed by atoms with E-state index in [1.165, 1.54) is 12.1 Å². The van der Waals surface area contributed by atoms with Gasteiger partial charge in [-0.2, -0.15) is 0 Å². The average Bonchev–Trinajstić information content (AvgIpc) is 2.77. The highest BCUT2D eigenvalue weighted by molar-refractivity contribution is 5.78. The third kappa shape index (κ3) is 1.88. The van der Waals surface area contributed by atoms with Crippen molar-refractivity contribution in [2.24, 2.45) is 5.73 Å². The minimum Gasteiger partial charge on any atom is -0.324 e. The van der Waals surface area contributed by atoms with Crippen molar-refractivity contribution in [2.75, 3.05) is 0 Å². The Kier molecular flexibility index (Phi) is 2.76. The predicted octanol–water partition coefficient (Wildman–Crippen LogP) is 2.76. The quantitative estimate of drug-likeness (QED) is 0.769. The third-order valence-electron chi connectivity index (χ3n) is 2.96. The van der Waals surface area contributed by atoms with Crippen molar-refractivity contribution in [1.29, 1.82) is 0 Å². The maximum atomic E-state index is 13.9. The predicted molar refractivity (Wildman–Crippen MR) is 68.9 cm³/mol. The molecule has 1 heterocycles. The molecule has 5 heteroatoms. The van der Waals surface area contributed by atoms with Gasteiger partial charge in [0.15, 0.2) is 0 Å². The molecule has 0 fully saturated rings. The summed E-state index contributed by atoms with van der Waals surface area (Å²) in [4.78, 5) is 4.35. The van der Waals surface area contributed by atoms with Crippen LogP contribution < -0.4 is 5.73 Å². The first-order valence-electron chi connectivity index (χ1n) is 5.82. The van der Waals surface area contributed by atoms with E-state index >= 15 is 0 Å². The zero-order valence-corrected chi connectivity index (χ0v) is 9.98. The van der Waals surface area contributed by atoms with Crippen LogP contribution in [0.3, 0.4) is 0 Å². The molecule has 96 valence electrons. The van der Waals surface area contributed by atoms with Crippen LogP contribution in [0.2, 0.25) is 0 Å². The SMILES string of the molecule is NCc1nc2ccccc2n1-c1ccc(F)cc1F. The average molecular weight is 259 g/mol. The maximum Gasteiger partial charge on any atom is 0.150 e. The van der Waals surface area contributed by atoms with Gasteiger partial charge in [0.05, 0.1) is 23.3 Å². The minimum atomic E-state index is -0.641. The molecule has 0 bridgehead atoms. The highest BCUT2D eigenvalue weighted by Crippen LogP contribution is 2.23. The third-order valence-corrected chi connectivity index (χ3v) is 2.96. The van der Waals surface area contributed by atoms with Gasteiger partial charge in [-0.05, 0) is 24.3 Å². The van der Waals surface area contributed by atoms with Crippen molar-refractivity contribution in [2.45, 2.75) is 6.54 Å². The molecule has 3 rings (SSSR count). The first kappa shape index (κ1) is 11.8. The van der Waals surface area contributed by atoms with Gasteiger partial charge >= 0.3 is 0 Å². The smallest absolute Gasteiger partial charge is 0.150 e. The molecule has 0 saturated heterocycles. The number of para-hydroxylation sites is 2. The van der Waals surface area contributed by atoms with Gasteiger partial charge in [-0.25, -0.2) is 13.8 Å². The Bertz CT molecular complexity index is 750. The molecule has 3 aromatic rings. The second-order valence-corrected chi connectivity index (χ2v) is 4.15. The summed E-state index contributed by atoms with van der Waals surface area (Å²) >= 11 is 0. The summed E-state index contributed by atoms with van der Waals surface area (Å²) < 4.78 is 28.5. The summed E-state index contributed by atoms with van der Waals surface area (Å²) in [5.41, 5.74) is 7.37. The van der Waals surface area contributed by atoms with E-state index in [-0.39, 0.29) is 12.2 Å². The molecule has 0 atom stereocenters. The number of hydrogen-bond acceptors (Lipinski definition) is 2. The van der Waals surface area contributed by atoms with E-state index in [2.05, 4.69) is 4.98 Å². The number of rotatable bonds is 2. The lowest BCUT2D eigenvalue weighted by atomic mass is 10.2. The fourth-order valence-electron chi connectivity index (χ4n) is 2.14. The molecule has 2 N–H and O–H groups in total. The molecule has 0 aliphatic rings. The van der Waals surface area contributed by atoms with Crippen LogP contribution in [0.15, 0.2) is 42.5 Å². The standard InChI is InChI=1S/C14H11F2N3/c15-9-5-6-12(10(16)7-9)19-13-4-2-1-3-11(13)18-14(19)8-17/h1-7H,8,17H2. The molecule has 19 heavy (non-hydrogen) atoms. The molecule has 3 nitrogen and oxygen atoms in total. The van der Waals surface area contributed by atoms with Crippen LogP contribution in [0.25, 0.3) is 16.7 Å². The Hall–Kier alpha value is -2.27. The van der Waals surface area contributed by atoms with Crippen LogP contribution in [-0.2, 0) is 6.54 Å². The zero-order chi connectivity index (χ0) is 13.4. The lowest BCUT2D eigenvalue weighted by Gasteiger charge is -2.09. The monoisotopic (exact) mass is 259 g/mol. The molecule has 0 radical (unpaired) electrons. The Morgan fingerprint density at radius 3 is 2.63 bits per heavy atom. The van der Waals surface area contributed by atoms with Crippen molar-refractivity contribution < 1.29 is 8.78 Å². The Balaban J connectivity index is 2.34. The van der Waals surface area contributed by atoms with Gasteiger partial charge in [-0.15, -0.1) is 0 Å². The minimum absolute atomic E-state index is 0.172. The van der Waals surface area contributed by atoms with Crippen molar-refractivity contribution in [3.8, 4) is 5.69 Å². The molecule has 0 unspecified atom stereocenters. The van der Waals surface area contributed by atoms with E-state index in [1.807, 2.05) is 24.3 Å². The number of fused-ring (bicyclic) bond motifs is 1. The maximum absolute atomic E-state index is 13.9. The topological polar surface area (TPSA) is 43.8 Å². The van der Waals surface area contributed by atoms with Gasteiger partial charge in [-0.3, -0.25) is 4.57 Å². The van der Waals surface area contributed by atoms with Gasteiger partial charge in [-0.1, -0.05) is 12.1 Å². The Morgan fingerprint density at radius 1 is 1.11 bits per heavy atom. The summed E-state index contributed by atoms with van der Waals surface area (Å²) in [6.07, 6.45) is 0. The highest BCUT2D eigenvalue weighted by atomic mass is 19.1. The normalized spacial score (nSPS) is 11.1. The first-order valence-corrected chi connectivity index (χ1v) is 5.82. The first-order chi connectivity index (χ1) is 9.20. The van der Waals surface area contributed by atoms with Gasteiger partial charge in [0.1, 0.15) is 17.5 Å². The molecule has 0 aliphatic carbocycles. The summed E-state index contributed by atoms with van der Waals surface area (Å²) in [5.74, 6) is -0.718. The van der Waals surface area contributed by atoms with E-state index < -0.39 is 11.6 Å². The molecule has 0 saturated carbocycles. The summed E-state index contributed by atoms with van der Waals surface area (Å²) in [7, 11) is 0. The van der Waals surface area contributed by atoms with E-state index in [0.717, 1.165) is 17.1 Å². The molecule has 2 aromatic carbocycles. The number of nitrogens with zero attached hydrogens (tertiary/aromatic N) is 2. The lowest BCUT2D eigenvalue weighted by molar-refractivity contribution is 0.577. The number of imidazole rings is 1. The van der Waals surface area contributed by atoms with Crippen LogP contribution in [0, 0.1) is 11.6 Å². The molecule has 0 aliphatic heterocycles. The lowest BCUT2D eigenvalue weighted by Crippen LogP contribution is -2.08. The second kappa shape index (κ2) is 4.44. The van der Waals surface area contributed by atoms with E-state index in [4.69, 9.17) is 5.73 Å². The van der Waals surface area contributed by atoms with Crippen molar-refractivity contribution in [1.82, 2.24) is 9.55 Å². The Labute approximate surface area is 108 Å². The second-order valence-electron chi connectivity index (χ2n) is 4.15. The van der Waals surface area contributed by atoms with Gasteiger partial charge < -0.3 is 5.73 Å². The Morgan fingerprint density at radius 2 is 1.89 bits per heavy atom. The zero-order valence-electron chi connectivity index (χ0n) is 9.98. The van der Waals surface area contributed by atoms with Crippen LogP contribution in [0.5, 0.6) is 0 Å². The van der Waals surface area contributed by atoms with Crippen molar-refractivity contribution in [3.05, 3.63) is 59.9 Å². The molecular weight excluding hydrogens is 248 g/mol. The number of nitrogens with two attached hydrogens (primary N) is 1. The van der Waals surface area contributed by atoms with Crippen molar-refractivity contribution >= 4 is 11.0 Å². The molecule has 0 spiro atoms. The number of halogens is 2. The van der Waals surface area contributed by atoms with E-state index in [0.29, 0.717) is 5.82 Å². The molecule has 0 amide bonds. The van der Waals surface area contributed by atoms with Gasteiger partial charge in [0.2, 0.25) is 0 Å². The van der Waals surface area contributed by atoms with Crippen LogP contribution >= 0.6 is 0 Å². The summed E-state index contributed by atoms with van der Waals surface area (Å²) in [6.45, 7) is 0.172. The fraction of sp³-hybridized carbons (Fsp3) is 0.0714. The van der Waals surface area contributed by atoms with E-state index in [9.17, 15) is 8.78 Å². The van der Waals surface area contributed by atoms with Crippen molar-refractivity contribution in [3.63, 3.8) is 0 Å². The summed E-state index contributed by atoms with van der Waals surface area (Å²) in [5, 5.41) is 0.